The molecule has 4 nitrogen and oxygen atoms in total. The van der Waals surface area contributed by atoms with Crippen molar-refractivity contribution < 1.29 is 4.79 Å². The molecule has 4 aromatic rings. The molecule has 0 aliphatic carbocycles. The third-order valence-electron chi connectivity index (χ3n) is 4.48. The fourth-order valence-corrected chi connectivity index (χ4v) is 3.95. The number of carbonyl (C=O) groups excluding carboxylic acids is 1. The SMILES string of the molecule is CCn1c(-c2nc(C(=O)Nc3ccccc3C)cs2)cc2ccccc21. The van der Waals surface area contributed by atoms with Crippen LogP contribution in [-0.4, -0.2) is 15.5 Å². The number of aryl methyl sites for hydroxylation is 2. The Morgan fingerprint density at radius 1 is 1.15 bits per heavy atom. The van der Waals surface area contributed by atoms with Crippen molar-refractivity contribution in [3.8, 4) is 10.7 Å². The zero-order valence-corrected chi connectivity index (χ0v) is 15.5. The molecular formula is C21H19N3OS. The summed E-state index contributed by atoms with van der Waals surface area (Å²) in [6.07, 6.45) is 0. The first-order valence-corrected chi connectivity index (χ1v) is 9.46. The van der Waals surface area contributed by atoms with Crippen LogP contribution in [0.5, 0.6) is 0 Å². The lowest BCUT2D eigenvalue weighted by Crippen LogP contribution is -2.13. The first-order chi connectivity index (χ1) is 12.7. The number of thiazole rings is 1. The van der Waals surface area contributed by atoms with Crippen molar-refractivity contribution in [2.45, 2.75) is 20.4 Å². The van der Waals surface area contributed by atoms with E-state index in [0.717, 1.165) is 28.5 Å². The summed E-state index contributed by atoms with van der Waals surface area (Å²) in [6.45, 7) is 4.95. The highest BCUT2D eigenvalue weighted by Gasteiger charge is 2.16. The average molecular weight is 361 g/mol. The molecule has 2 heterocycles. The van der Waals surface area contributed by atoms with Crippen molar-refractivity contribution in [1.29, 1.82) is 0 Å². The van der Waals surface area contributed by atoms with Crippen molar-refractivity contribution in [2.75, 3.05) is 5.32 Å². The Balaban J connectivity index is 1.66. The molecule has 0 atom stereocenters. The second-order valence-corrected chi connectivity index (χ2v) is 7.00. The van der Waals surface area contributed by atoms with Gasteiger partial charge < -0.3 is 9.88 Å². The number of aromatic nitrogens is 2. The lowest BCUT2D eigenvalue weighted by atomic mass is 10.2. The molecule has 2 aromatic heterocycles. The highest BCUT2D eigenvalue weighted by Crippen LogP contribution is 2.30. The molecule has 0 bridgehead atoms. The van der Waals surface area contributed by atoms with E-state index >= 15 is 0 Å². The number of rotatable bonds is 4. The van der Waals surface area contributed by atoms with Gasteiger partial charge >= 0.3 is 0 Å². The van der Waals surface area contributed by atoms with Crippen LogP contribution in [0.25, 0.3) is 21.6 Å². The van der Waals surface area contributed by atoms with Gasteiger partial charge in [0, 0.05) is 28.5 Å². The summed E-state index contributed by atoms with van der Waals surface area (Å²) in [5, 5.41) is 6.81. The van der Waals surface area contributed by atoms with Gasteiger partial charge in [-0.05, 0) is 37.6 Å². The predicted octanol–water partition coefficient (Wildman–Crippen LogP) is 5.35. The van der Waals surface area contributed by atoms with Crippen LogP contribution in [0.15, 0.2) is 60.0 Å². The van der Waals surface area contributed by atoms with E-state index in [4.69, 9.17) is 0 Å². The van der Waals surface area contributed by atoms with Gasteiger partial charge in [-0.2, -0.15) is 0 Å². The van der Waals surface area contributed by atoms with Crippen LogP contribution in [0.2, 0.25) is 0 Å². The highest BCUT2D eigenvalue weighted by molar-refractivity contribution is 7.13. The third kappa shape index (κ3) is 2.91. The minimum absolute atomic E-state index is 0.180. The highest BCUT2D eigenvalue weighted by atomic mass is 32.1. The van der Waals surface area contributed by atoms with E-state index in [1.807, 2.05) is 48.7 Å². The molecule has 0 radical (unpaired) electrons. The Morgan fingerprint density at radius 2 is 1.92 bits per heavy atom. The molecule has 5 heteroatoms. The summed E-state index contributed by atoms with van der Waals surface area (Å²) in [5.41, 5.74) is 4.53. The molecular weight excluding hydrogens is 342 g/mol. The van der Waals surface area contributed by atoms with Crippen LogP contribution >= 0.6 is 11.3 Å². The number of hydrogen-bond donors (Lipinski definition) is 1. The molecule has 0 saturated heterocycles. The number of fused-ring (bicyclic) bond motifs is 1. The Morgan fingerprint density at radius 3 is 2.73 bits per heavy atom. The summed E-state index contributed by atoms with van der Waals surface area (Å²) in [5.74, 6) is -0.180. The van der Waals surface area contributed by atoms with Crippen LogP contribution < -0.4 is 5.32 Å². The van der Waals surface area contributed by atoms with Crippen molar-refractivity contribution in [1.82, 2.24) is 9.55 Å². The maximum atomic E-state index is 12.6. The summed E-state index contributed by atoms with van der Waals surface area (Å²) >= 11 is 1.50. The van der Waals surface area contributed by atoms with Crippen LogP contribution in [0, 0.1) is 6.92 Å². The molecule has 0 saturated carbocycles. The fourth-order valence-electron chi connectivity index (χ4n) is 3.12. The van der Waals surface area contributed by atoms with Gasteiger partial charge in [0.1, 0.15) is 10.7 Å². The van der Waals surface area contributed by atoms with Gasteiger partial charge in [-0.25, -0.2) is 4.98 Å². The zero-order chi connectivity index (χ0) is 18.1. The van der Waals surface area contributed by atoms with E-state index in [2.05, 4.69) is 40.0 Å². The van der Waals surface area contributed by atoms with Gasteiger partial charge in [-0.15, -0.1) is 11.3 Å². The first-order valence-electron chi connectivity index (χ1n) is 8.58. The molecule has 0 aliphatic rings. The summed E-state index contributed by atoms with van der Waals surface area (Å²) in [7, 11) is 0. The van der Waals surface area contributed by atoms with E-state index < -0.39 is 0 Å². The molecule has 0 spiro atoms. The summed E-state index contributed by atoms with van der Waals surface area (Å²) < 4.78 is 2.23. The quantitative estimate of drug-likeness (QED) is 0.533. The fraction of sp³-hybridized carbons (Fsp3) is 0.143. The Bertz CT molecular complexity index is 1090. The Hall–Kier alpha value is -2.92. The molecule has 130 valence electrons. The zero-order valence-electron chi connectivity index (χ0n) is 14.7. The topological polar surface area (TPSA) is 46.9 Å². The number of nitrogens with zero attached hydrogens (tertiary/aromatic N) is 2. The van der Waals surface area contributed by atoms with Gasteiger partial charge in [-0.3, -0.25) is 4.79 Å². The van der Waals surface area contributed by atoms with E-state index in [0.29, 0.717) is 5.69 Å². The Kier molecular flexibility index (Phi) is 4.31. The smallest absolute Gasteiger partial charge is 0.275 e. The summed E-state index contributed by atoms with van der Waals surface area (Å²) in [4.78, 5) is 17.2. The van der Waals surface area contributed by atoms with Crippen molar-refractivity contribution >= 4 is 33.8 Å². The van der Waals surface area contributed by atoms with Gasteiger partial charge in [-0.1, -0.05) is 36.4 Å². The minimum Gasteiger partial charge on any atom is -0.339 e. The maximum Gasteiger partial charge on any atom is 0.275 e. The normalized spacial score (nSPS) is 11.0. The number of benzene rings is 2. The number of nitrogens with one attached hydrogen (secondary N) is 1. The second-order valence-electron chi connectivity index (χ2n) is 6.14. The van der Waals surface area contributed by atoms with Crippen LogP contribution in [0.3, 0.4) is 0 Å². The van der Waals surface area contributed by atoms with Gasteiger partial charge in [0.25, 0.3) is 5.91 Å². The van der Waals surface area contributed by atoms with Crippen LogP contribution in [0.1, 0.15) is 23.0 Å². The van der Waals surface area contributed by atoms with E-state index in [1.54, 1.807) is 0 Å². The molecule has 1 amide bonds. The van der Waals surface area contributed by atoms with Gasteiger partial charge in [0.05, 0.1) is 5.69 Å². The summed E-state index contributed by atoms with van der Waals surface area (Å²) in [6, 6.07) is 18.2. The number of carbonyl (C=O) groups is 1. The van der Waals surface area contributed by atoms with Crippen LogP contribution in [0.4, 0.5) is 5.69 Å². The predicted molar refractivity (Wildman–Crippen MR) is 108 cm³/mol. The average Bonchev–Trinajstić information content (AvgIpc) is 3.27. The molecule has 0 aliphatic heterocycles. The van der Waals surface area contributed by atoms with Crippen molar-refractivity contribution in [3.05, 3.63) is 71.2 Å². The molecule has 26 heavy (non-hydrogen) atoms. The monoisotopic (exact) mass is 361 g/mol. The second kappa shape index (κ2) is 6.77. The molecule has 1 N–H and O–H groups in total. The van der Waals surface area contributed by atoms with Crippen LogP contribution in [-0.2, 0) is 6.54 Å². The largest absolute Gasteiger partial charge is 0.339 e. The first kappa shape index (κ1) is 16.5. The van der Waals surface area contributed by atoms with E-state index in [9.17, 15) is 4.79 Å². The standard InChI is InChI=1S/C21H19N3OS/c1-3-24-18-11-7-5-9-15(18)12-19(24)21-23-17(13-26-21)20(25)22-16-10-6-4-8-14(16)2/h4-13H,3H2,1-2H3,(H,22,25). The number of para-hydroxylation sites is 2. The molecule has 4 rings (SSSR count). The Labute approximate surface area is 156 Å². The van der Waals surface area contributed by atoms with Crippen molar-refractivity contribution in [3.63, 3.8) is 0 Å². The number of amides is 1. The lowest BCUT2D eigenvalue weighted by Gasteiger charge is -2.06. The molecule has 0 fully saturated rings. The van der Waals surface area contributed by atoms with Gasteiger partial charge in [0.2, 0.25) is 0 Å². The van der Waals surface area contributed by atoms with Gasteiger partial charge in [0.15, 0.2) is 0 Å². The van der Waals surface area contributed by atoms with E-state index in [1.165, 1.54) is 22.2 Å². The lowest BCUT2D eigenvalue weighted by molar-refractivity contribution is 0.102. The third-order valence-corrected chi connectivity index (χ3v) is 5.34. The van der Waals surface area contributed by atoms with E-state index in [-0.39, 0.29) is 5.91 Å². The maximum absolute atomic E-state index is 12.6. The number of hydrogen-bond acceptors (Lipinski definition) is 3. The minimum atomic E-state index is -0.180. The number of anilines is 1. The van der Waals surface area contributed by atoms with Crippen molar-refractivity contribution in [2.24, 2.45) is 0 Å². The molecule has 0 unspecified atom stereocenters. The molecule has 2 aromatic carbocycles.